The molecule has 4 saturated carbocycles. The average Bonchev–Trinajstić information content (AvgIpc) is 2.91. The van der Waals surface area contributed by atoms with Crippen molar-refractivity contribution < 1.29 is 29.4 Å². The number of carbonyl (C=O) groups excluding carboxylic acids is 4. The lowest BCUT2D eigenvalue weighted by atomic mass is 9.26. The first-order valence-corrected chi connectivity index (χ1v) is 15.6. The third kappa shape index (κ3) is 4.50. The largest absolute Gasteiger partial charge is 0.504 e. The van der Waals surface area contributed by atoms with Crippen molar-refractivity contribution in [3.8, 4) is 11.5 Å². The minimum Gasteiger partial charge on any atom is -0.504 e. The molecule has 0 aromatic heterocycles. The molecule has 0 spiro atoms. The number of hydrogen-bond donors (Lipinski definition) is 2. The van der Waals surface area contributed by atoms with Crippen LogP contribution in [0.3, 0.4) is 0 Å². The van der Waals surface area contributed by atoms with Crippen molar-refractivity contribution in [1.29, 1.82) is 0 Å². The first-order chi connectivity index (χ1) is 20.3. The maximum absolute atomic E-state index is 15.3. The van der Waals surface area contributed by atoms with E-state index in [9.17, 15) is 15.0 Å². The molecule has 1 aromatic rings. The fourth-order valence-corrected chi connectivity index (χ4v) is 8.51. The second-order valence-corrected chi connectivity index (χ2v) is 14.9. The van der Waals surface area contributed by atoms with E-state index in [0.29, 0.717) is 6.42 Å². The Morgan fingerprint density at radius 3 is 2.05 bits per heavy atom. The zero-order valence-electron chi connectivity index (χ0n) is 27.8. The minimum absolute atomic E-state index is 0.0464. The van der Waals surface area contributed by atoms with Gasteiger partial charge in [-0.3, -0.25) is 19.2 Å². The van der Waals surface area contributed by atoms with E-state index in [4.69, 9.17) is 0 Å². The second kappa shape index (κ2) is 11.1. The predicted octanol–water partition coefficient (Wildman–Crippen LogP) is 7.90. The molecule has 6 nitrogen and oxygen atoms in total. The van der Waals surface area contributed by atoms with Gasteiger partial charge in [-0.1, -0.05) is 60.9 Å². The van der Waals surface area contributed by atoms with Gasteiger partial charge in [0.2, 0.25) is 0 Å². The van der Waals surface area contributed by atoms with Crippen LogP contribution in [0.2, 0.25) is 0 Å². The molecule has 0 unspecified atom stereocenters. The molecule has 0 saturated heterocycles. The molecular formula is C38H48O6. The Labute approximate surface area is 262 Å². The zero-order valence-corrected chi connectivity index (χ0v) is 27.8. The molecule has 1 aromatic carbocycles. The highest BCUT2D eigenvalue weighted by atomic mass is 16.3. The number of hydrogen-bond acceptors (Lipinski definition) is 6. The standard InChI is InChI=1S/C38H48O6/c1-21(2)11-12-26(24(7)8)19-36-20-28-27(17-23(5)6)38(33(36)43,31(41)25-13-14-29(39)30(40)18-25)34(44)37(32(36)42,35(28,9)10)16-15-22(3)4/h11,13-15,17-18,26-28,39-40H,7,12,16,19-20H2,1-6,8-10H3/t26-,27-,28+,36+,37-,38-/m0/s1. The number of carbonyl (C=O) groups is 4. The monoisotopic (exact) mass is 600 g/mol. The van der Waals surface area contributed by atoms with Gasteiger partial charge in [0, 0.05) is 11.5 Å². The molecule has 0 amide bonds. The highest BCUT2D eigenvalue weighted by Crippen LogP contribution is 2.75. The molecule has 44 heavy (non-hydrogen) atoms. The number of benzene rings is 1. The SMILES string of the molecule is C=C(C)[C@@H](CC=C(C)C)C[C@]12C[C@@H]3[C@H](C=C(C)C)[C@](C(=O)c4ccc(O)c(O)c4)(C1=O)C(=O)[C@](CC=C(C)C)(C2=O)C3(C)C. The lowest BCUT2D eigenvalue weighted by Crippen LogP contribution is -2.83. The molecule has 5 rings (SSSR count). The molecule has 6 heteroatoms. The van der Waals surface area contributed by atoms with Crippen LogP contribution in [0.5, 0.6) is 11.5 Å². The van der Waals surface area contributed by atoms with E-state index in [0.717, 1.165) is 28.4 Å². The van der Waals surface area contributed by atoms with Crippen LogP contribution in [0.25, 0.3) is 0 Å². The number of rotatable bonds is 10. The van der Waals surface area contributed by atoms with E-state index in [1.54, 1.807) is 0 Å². The molecule has 0 heterocycles. The van der Waals surface area contributed by atoms with E-state index in [1.807, 2.05) is 74.5 Å². The Hall–Kier alpha value is -3.54. The summed E-state index contributed by atoms with van der Waals surface area (Å²) < 4.78 is 0. The fraction of sp³-hybridized carbons (Fsp3) is 0.526. The number of ketones is 4. The number of Topliss-reactive ketones (excluding diaryl/α,β-unsaturated/α-hetero) is 4. The highest BCUT2D eigenvalue weighted by molar-refractivity contribution is 6.42. The van der Waals surface area contributed by atoms with Gasteiger partial charge >= 0.3 is 0 Å². The third-order valence-electron chi connectivity index (χ3n) is 10.9. The quantitative estimate of drug-likeness (QED) is 0.122. The summed E-state index contributed by atoms with van der Waals surface area (Å²) in [5, 5.41) is 20.4. The van der Waals surface area contributed by atoms with Gasteiger partial charge in [0.05, 0.1) is 10.8 Å². The predicted molar refractivity (Wildman–Crippen MR) is 172 cm³/mol. The molecule has 4 aliphatic rings. The summed E-state index contributed by atoms with van der Waals surface area (Å²) >= 11 is 0. The van der Waals surface area contributed by atoms with Crippen molar-refractivity contribution >= 4 is 23.1 Å². The van der Waals surface area contributed by atoms with Crippen molar-refractivity contribution in [2.75, 3.05) is 0 Å². The maximum atomic E-state index is 15.3. The number of phenols is 2. The van der Waals surface area contributed by atoms with Gasteiger partial charge in [-0.25, -0.2) is 0 Å². The van der Waals surface area contributed by atoms with E-state index in [1.165, 1.54) is 12.1 Å². The van der Waals surface area contributed by atoms with Gasteiger partial charge in [-0.05, 0) is 110 Å². The lowest BCUT2D eigenvalue weighted by Gasteiger charge is -2.71. The Morgan fingerprint density at radius 1 is 0.909 bits per heavy atom. The second-order valence-electron chi connectivity index (χ2n) is 14.9. The first-order valence-electron chi connectivity index (χ1n) is 15.6. The van der Waals surface area contributed by atoms with Crippen LogP contribution in [0.4, 0.5) is 0 Å². The molecule has 236 valence electrons. The highest BCUT2D eigenvalue weighted by Gasteiger charge is 2.86. The van der Waals surface area contributed by atoms with Gasteiger partial charge < -0.3 is 10.2 Å². The normalized spacial score (nSPS) is 30.5. The molecule has 4 aliphatic carbocycles. The van der Waals surface area contributed by atoms with E-state index < -0.39 is 56.4 Å². The molecule has 0 aliphatic heterocycles. The van der Waals surface area contributed by atoms with Crippen molar-refractivity contribution in [2.24, 2.45) is 39.4 Å². The average molecular weight is 601 g/mol. The summed E-state index contributed by atoms with van der Waals surface area (Å²) in [5.41, 5.74) is -2.46. The summed E-state index contributed by atoms with van der Waals surface area (Å²) in [6.07, 6.45) is 6.98. The summed E-state index contributed by atoms with van der Waals surface area (Å²) in [4.78, 5) is 60.8. The molecule has 6 atom stereocenters. The minimum atomic E-state index is -2.15. The van der Waals surface area contributed by atoms with E-state index in [2.05, 4.69) is 12.7 Å². The van der Waals surface area contributed by atoms with Crippen LogP contribution in [-0.4, -0.2) is 33.3 Å². The molecule has 4 fully saturated rings. The van der Waals surface area contributed by atoms with Gasteiger partial charge in [0.15, 0.2) is 40.0 Å². The van der Waals surface area contributed by atoms with Crippen LogP contribution in [-0.2, 0) is 14.4 Å². The Bertz CT molecular complexity index is 1540. The Balaban J connectivity index is 2.12. The summed E-state index contributed by atoms with van der Waals surface area (Å²) in [6, 6.07) is 3.64. The van der Waals surface area contributed by atoms with E-state index >= 15 is 14.4 Å². The van der Waals surface area contributed by atoms with Gasteiger partial charge in [0.25, 0.3) is 0 Å². The van der Waals surface area contributed by atoms with Crippen LogP contribution in [0.15, 0.2) is 65.3 Å². The van der Waals surface area contributed by atoms with Crippen LogP contribution >= 0.6 is 0 Å². The smallest absolute Gasteiger partial charge is 0.184 e. The van der Waals surface area contributed by atoms with Gasteiger partial charge in [-0.15, -0.1) is 0 Å². The number of phenolic OH excluding ortho intramolecular Hbond substituents is 2. The summed E-state index contributed by atoms with van der Waals surface area (Å²) in [6.45, 7) is 21.6. The van der Waals surface area contributed by atoms with Gasteiger partial charge in [-0.2, -0.15) is 0 Å². The topological polar surface area (TPSA) is 109 Å². The molecular weight excluding hydrogens is 552 g/mol. The van der Waals surface area contributed by atoms with Crippen molar-refractivity contribution in [1.82, 2.24) is 0 Å². The van der Waals surface area contributed by atoms with Crippen LogP contribution in [0.1, 0.15) is 98.4 Å². The zero-order chi connectivity index (χ0) is 33.2. The van der Waals surface area contributed by atoms with Crippen LogP contribution < -0.4 is 0 Å². The number of allylic oxidation sites excluding steroid dienone is 7. The molecule has 4 bridgehead atoms. The van der Waals surface area contributed by atoms with Gasteiger partial charge in [0.1, 0.15) is 0 Å². The third-order valence-corrected chi connectivity index (χ3v) is 10.9. The Morgan fingerprint density at radius 2 is 1.52 bits per heavy atom. The lowest BCUT2D eigenvalue weighted by molar-refractivity contribution is -0.212. The summed E-state index contributed by atoms with van der Waals surface area (Å²) in [7, 11) is 0. The van der Waals surface area contributed by atoms with Crippen molar-refractivity contribution in [3.63, 3.8) is 0 Å². The summed E-state index contributed by atoms with van der Waals surface area (Å²) in [5.74, 6) is -4.59. The molecule has 0 radical (unpaired) electrons. The fourth-order valence-electron chi connectivity index (χ4n) is 8.51. The molecule has 2 N–H and O–H groups in total. The number of aromatic hydroxyl groups is 2. The van der Waals surface area contributed by atoms with Crippen molar-refractivity contribution in [3.05, 3.63) is 70.9 Å². The first kappa shape index (κ1) is 33.4. The van der Waals surface area contributed by atoms with Crippen molar-refractivity contribution in [2.45, 2.75) is 88.0 Å². The van der Waals surface area contributed by atoms with E-state index in [-0.39, 0.29) is 42.4 Å². The van der Waals surface area contributed by atoms with Crippen LogP contribution in [0, 0.1) is 39.4 Å². The maximum Gasteiger partial charge on any atom is 0.184 e. The Kier molecular flexibility index (Phi) is 8.43.